The first-order chi connectivity index (χ1) is 27.9. The first-order valence-electron chi connectivity index (χ1n) is 22.6. The maximum atomic E-state index is 12.8. The largest absolute Gasteiger partial charge is 0.480 e. The molecule has 7 heteroatoms. The van der Waals surface area contributed by atoms with Crippen molar-refractivity contribution in [2.24, 2.45) is 5.73 Å². The summed E-state index contributed by atoms with van der Waals surface area (Å²) in [6.45, 7) is 4.78. The highest BCUT2D eigenvalue weighted by Crippen LogP contribution is 2.14. The van der Waals surface area contributed by atoms with Gasteiger partial charge in [-0.3, -0.25) is 9.59 Å². The lowest BCUT2D eigenvalue weighted by Gasteiger charge is -2.15. The Morgan fingerprint density at radius 3 is 1.54 bits per heavy atom. The molecule has 0 radical (unpaired) electrons. The van der Waals surface area contributed by atoms with Crippen LogP contribution in [0.1, 0.15) is 181 Å². The van der Waals surface area contributed by atoms with Crippen molar-refractivity contribution >= 4 is 17.8 Å². The van der Waals surface area contributed by atoms with Crippen LogP contribution in [0.15, 0.2) is 97.2 Å². The minimum atomic E-state index is -1.02. The Hall–Kier alpha value is -3.71. The summed E-state index contributed by atoms with van der Waals surface area (Å²) in [5, 5.41) is 11.9. The van der Waals surface area contributed by atoms with E-state index in [9.17, 15) is 19.5 Å². The van der Waals surface area contributed by atoms with Gasteiger partial charge in [-0.15, -0.1) is 0 Å². The van der Waals surface area contributed by atoms with Crippen LogP contribution >= 0.6 is 0 Å². The van der Waals surface area contributed by atoms with E-state index in [2.05, 4.69) is 110 Å². The van der Waals surface area contributed by atoms with Crippen molar-refractivity contribution in [3.8, 4) is 0 Å². The average Bonchev–Trinajstić information content (AvgIpc) is 3.20. The van der Waals surface area contributed by atoms with Crippen molar-refractivity contribution in [3.63, 3.8) is 0 Å². The Labute approximate surface area is 348 Å². The molecule has 2 atom stereocenters. The number of rotatable bonds is 39. The molecule has 0 fully saturated rings. The summed E-state index contributed by atoms with van der Waals surface area (Å²) >= 11 is 0. The fourth-order valence-corrected chi connectivity index (χ4v) is 5.99. The third kappa shape index (κ3) is 40.3. The van der Waals surface area contributed by atoms with Crippen molar-refractivity contribution in [1.29, 1.82) is 0 Å². The third-order valence-corrected chi connectivity index (χ3v) is 9.37. The van der Waals surface area contributed by atoms with Crippen LogP contribution in [0.2, 0.25) is 0 Å². The maximum absolute atomic E-state index is 12.8. The molecule has 0 saturated carbocycles. The van der Waals surface area contributed by atoms with E-state index in [0.29, 0.717) is 38.6 Å². The number of hydrogen-bond acceptors (Lipinski definition) is 5. The summed E-state index contributed by atoms with van der Waals surface area (Å²) in [6, 6.07) is -0.882. The molecule has 2 unspecified atom stereocenters. The minimum absolute atomic E-state index is 0.132. The Morgan fingerprint density at radius 2 is 1.02 bits per heavy atom. The zero-order valence-electron chi connectivity index (χ0n) is 36.1. The van der Waals surface area contributed by atoms with Gasteiger partial charge >= 0.3 is 11.9 Å². The van der Waals surface area contributed by atoms with Gasteiger partial charge in [0.25, 0.3) is 0 Å². The highest BCUT2D eigenvalue weighted by atomic mass is 16.5. The second kappa shape index (κ2) is 43.4. The lowest BCUT2D eigenvalue weighted by atomic mass is 10.1. The van der Waals surface area contributed by atoms with Gasteiger partial charge < -0.3 is 20.9 Å². The molecule has 0 aromatic carbocycles. The van der Waals surface area contributed by atoms with Crippen molar-refractivity contribution in [2.45, 2.75) is 193 Å². The second-order valence-corrected chi connectivity index (χ2v) is 14.7. The monoisotopic (exact) mass is 791 g/mol. The van der Waals surface area contributed by atoms with E-state index in [1.807, 2.05) is 6.08 Å². The van der Waals surface area contributed by atoms with E-state index in [4.69, 9.17) is 10.5 Å². The van der Waals surface area contributed by atoms with Gasteiger partial charge in [-0.1, -0.05) is 150 Å². The molecule has 0 rings (SSSR count). The fraction of sp³-hybridized carbons (Fsp3) is 0.620. The fourth-order valence-electron chi connectivity index (χ4n) is 5.99. The van der Waals surface area contributed by atoms with Gasteiger partial charge in [0.15, 0.2) is 0 Å². The number of carboxylic acid groups (broad SMARTS) is 1. The summed E-state index contributed by atoms with van der Waals surface area (Å²) in [7, 11) is 0. The molecule has 0 aliphatic carbocycles. The van der Waals surface area contributed by atoms with Gasteiger partial charge in [0.1, 0.15) is 12.1 Å². The number of ether oxygens (including phenoxy) is 1. The summed E-state index contributed by atoms with van der Waals surface area (Å²) < 4.78 is 5.91. The molecule has 7 nitrogen and oxygen atoms in total. The van der Waals surface area contributed by atoms with Crippen LogP contribution in [0.3, 0.4) is 0 Å². The number of hydrogen-bond donors (Lipinski definition) is 3. The highest BCUT2D eigenvalue weighted by Gasteiger charge is 2.19. The molecule has 0 bridgehead atoms. The molecule has 4 N–H and O–H groups in total. The molecular formula is C50H82N2O5. The van der Waals surface area contributed by atoms with E-state index in [1.54, 1.807) is 0 Å². The van der Waals surface area contributed by atoms with Gasteiger partial charge in [0, 0.05) is 12.8 Å². The SMILES string of the molecule is CC/C=C\C/C=C\C/C=C\C/C=C\C/C=C\C/C=C\CCCCCCC(=O)OC(/C=C\C/C=C\CCCCCC)CCCCCCC(=O)NC(CCCN)C(=O)O. The van der Waals surface area contributed by atoms with Crippen molar-refractivity contribution in [1.82, 2.24) is 5.32 Å². The van der Waals surface area contributed by atoms with Crippen LogP contribution in [0, 0.1) is 0 Å². The molecule has 322 valence electrons. The third-order valence-electron chi connectivity index (χ3n) is 9.37. The van der Waals surface area contributed by atoms with E-state index in [-0.39, 0.29) is 18.0 Å². The molecule has 1 amide bonds. The van der Waals surface area contributed by atoms with Crippen LogP contribution in [0.4, 0.5) is 0 Å². The van der Waals surface area contributed by atoms with Gasteiger partial charge in [-0.05, 0) is 122 Å². The molecular weight excluding hydrogens is 709 g/mol. The van der Waals surface area contributed by atoms with Gasteiger partial charge in [0.05, 0.1) is 0 Å². The number of unbranched alkanes of at least 4 members (excludes halogenated alkanes) is 11. The van der Waals surface area contributed by atoms with Gasteiger partial charge in [-0.25, -0.2) is 4.79 Å². The van der Waals surface area contributed by atoms with E-state index >= 15 is 0 Å². The molecule has 0 saturated heterocycles. The van der Waals surface area contributed by atoms with Crippen LogP contribution in [0.25, 0.3) is 0 Å². The predicted octanol–water partition coefficient (Wildman–Crippen LogP) is 13.1. The first-order valence-corrected chi connectivity index (χ1v) is 22.6. The molecule has 0 spiro atoms. The summed E-state index contributed by atoms with van der Waals surface area (Å²) in [6.07, 6.45) is 59.0. The van der Waals surface area contributed by atoms with Crippen LogP contribution < -0.4 is 11.1 Å². The molecule has 0 heterocycles. The Kier molecular flexibility index (Phi) is 40.6. The first kappa shape index (κ1) is 53.3. The standard InChI is InChI=1S/C50H82N2O5/c1-3-5-7-9-11-13-14-15-16-17-18-19-20-21-22-23-24-25-26-28-30-32-38-44-49(54)57-46(40-35-31-29-27-12-10-8-6-4-2)41-36-33-34-37-43-48(53)52-47(50(55)56)42-39-45-51/h5,7,11,13,15-16,18-19,21-22,24-25,27,29,35,40,46-47H,3-4,6,8-10,12,14,17,20,23,26,28,30-34,36-39,41-45,51H2,1-2H3,(H,52,53)(H,55,56)/b7-5-,13-11-,16-15-,19-18-,22-21-,25-24-,29-27-,40-35-. The number of nitrogens with two attached hydrogens (primary N) is 1. The highest BCUT2D eigenvalue weighted by molar-refractivity contribution is 5.83. The average molecular weight is 791 g/mol. The van der Waals surface area contributed by atoms with E-state index < -0.39 is 12.0 Å². The normalized spacial score (nSPS) is 13.6. The molecule has 0 aromatic heterocycles. The smallest absolute Gasteiger partial charge is 0.326 e. The summed E-state index contributed by atoms with van der Waals surface area (Å²) in [5.41, 5.74) is 5.48. The number of amides is 1. The van der Waals surface area contributed by atoms with Crippen LogP contribution in [-0.2, 0) is 19.1 Å². The number of carbonyl (C=O) groups is 3. The lowest BCUT2D eigenvalue weighted by molar-refractivity contribution is -0.147. The lowest BCUT2D eigenvalue weighted by Crippen LogP contribution is -2.40. The van der Waals surface area contributed by atoms with Gasteiger partial charge in [-0.2, -0.15) is 0 Å². The van der Waals surface area contributed by atoms with Crippen LogP contribution in [0.5, 0.6) is 0 Å². The van der Waals surface area contributed by atoms with Crippen molar-refractivity contribution < 1.29 is 24.2 Å². The topological polar surface area (TPSA) is 119 Å². The number of aliphatic carboxylic acids is 1. The quantitative estimate of drug-likeness (QED) is 0.0324. The number of esters is 1. The Bertz CT molecular complexity index is 1210. The Balaban J connectivity index is 4.34. The summed E-state index contributed by atoms with van der Waals surface area (Å²) in [4.78, 5) is 36.4. The van der Waals surface area contributed by atoms with Gasteiger partial charge in [0.2, 0.25) is 5.91 Å². The zero-order valence-corrected chi connectivity index (χ0v) is 36.1. The number of carbonyl (C=O) groups excluding carboxylic acids is 2. The summed E-state index contributed by atoms with van der Waals surface area (Å²) in [5.74, 6) is -1.39. The predicted molar refractivity (Wildman–Crippen MR) is 243 cm³/mol. The number of nitrogens with one attached hydrogen (secondary N) is 1. The molecule has 57 heavy (non-hydrogen) atoms. The van der Waals surface area contributed by atoms with E-state index in [1.165, 1.54) is 25.7 Å². The molecule has 0 aromatic rings. The maximum Gasteiger partial charge on any atom is 0.326 e. The van der Waals surface area contributed by atoms with E-state index in [0.717, 1.165) is 109 Å². The molecule has 0 aliphatic rings. The van der Waals surface area contributed by atoms with Crippen molar-refractivity contribution in [2.75, 3.05) is 6.54 Å². The zero-order chi connectivity index (χ0) is 41.7. The number of carboxylic acids is 1. The second-order valence-electron chi connectivity index (χ2n) is 14.7. The molecule has 0 aliphatic heterocycles. The van der Waals surface area contributed by atoms with Crippen LogP contribution in [-0.4, -0.2) is 41.6 Å². The minimum Gasteiger partial charge on any atom is -0.480 e. The Morgan fingerprint density at radius 1 is 0.544 bits per heavy atom. The van der Waals surface area contributed by atoms with Crippen molar-refractivity contribution in [3.05, 3.63) is 97.2 Å². The number of allylic oxidation sites excluding steroid dienone is 15.